The highest BCUT2D eigenvalue weighted by Crippen LogP contribution is 2.18. The highest BCUT2D eigenvalue weighted by Gasteiger charge is 2.14. The van der Waals surface area contributed by atoms with Crippen molar-refractivity contribution in [2.24, 2.45) is 5.73 Å². The van der Waals surface area contributed by atoms with Crippen LogP contribution in [0.4, 0.5) is 4.39 Å². The molecule has 2 rings (SSSR count). The van der Waals surface area contributed by atoms with Gasteiger partial charge in [-0.05, 0) is 32.4 Å². The SMILES string of the molecule is CC(C)(N)CCc1nc(-c2cccc(F)c2)no1. The minimum absolute atomic E-state index is 0.270. The van der Waals surface area contributed by atoms with Crippen LogP contribution >= 0.6 is 0 Å². The Balaban J connectivity index is 2.11. The zero-order valence-electron chi connectivity index (χ0n) is 10.5. The Kier molecular flexibility index (Phi) is 3.43. The number of hydrogen-bond donors (Lipinski definition) is 1. The maximum absolute atomic E-state index is 13.1. The number of nitrogens with two attached hydrogens (primary N) is 1. The molecule has 5 heteroatoms. The third-order valence-electron chi connectivity index (χ3n) is 2.53. The molecular weight excluding hydrogens is 233 g/mol. The standard InChI is InChI=1S/C13H16FN3O/c1-13(2,15)7-6-11-16-12(17-18-11)9-4-3-5-10(14)8-9/h3-5,8H,6-7,15H2,1-2H3. The smallest absolute Gasteiger partial charge is 0.227 e. The molecule has 0 spiro atoms. The summed E-state index contributed by atoms with van der Waals surface area (Å²) in [4.78, 5) is 4.22. The number of aryl methyl sites for hydroxylation is 1. The predicted molar refractivity (Wildman–Crippen MR) is 66.3 cm³/mol. The molecule has 0 bridgehead atoms. The largest absolute Gasteiger partial charge is 0.339 e. The van der Waals surface area contributed by atoms with Crippen molar-refractivity contribution in [3.05, 3.63) is 36.0 Å². The molecular formula is C13H16FN3O. The van der Waals surface area contributed by atoms with Crippen molar-refractivity contribution in [3.63, 3.8) is 0 Å². The average molecular weight is 249 g/mol. The molecule has 0 unspecified atom stereocenters. The molecule has 0 aliphatic carbocycles. The Morgan fingerprint density at radius 2 is 2.17 bits per heavy atom. The van der Waals surface area contributed by atoms with E-state index in [-0.39, 0.29) is 11.4 Å². The van der Waals surface area contributed by atoms with Gasteiger partial charge in [0.25, 0.3) is 0 Å². The first-order valence-electron chi connectivity index (χ1n) is 5.81. The zero-order chi connectivity index (χ0) is 13.2. The summed E-state index contributed by atoms with van der Waals surface area (Å²) in [7, 11) is 0. The summed E-state index contributed by atoms with van der Waals surface area (Å²) < 4.78 is 18.2. The van der Waals surface area contributed by atoms with Crippen LogP contribution in [-0.4, -0.2) is 15.7 Å². The van der Waals surface area contributed by atoms with Crippen LogP contribution in [0.25, 0.3) is 11.4 Å². The summed E-state index contributed by atoms with van der Waals surface area (Å²) in [6, 6.07) is 6.11. The van der Waals surface area contributed by atoms with Crippen LogP contribution < -0.4 is 5.73 Å². The van der Waals surface area contributed by atoms with E-state index in [2.05, 4.69) is 10.1 Å². The van der Waals surface area contributed by atoms with Gasteiger partial charge >= 0.3 is 0 Å². The first-order chi connectivity index (χ1) is 8.44. The fourth-order valence-corrected chi connectivity index (χ4v) is 1.53. The van der Waals surface area contributed by atoms with Crippen molar-refractivity contribution in [1.29, 1.82) is 0 Å². The minimum atomic E-state index is -0.318. The van der Waals surface area contributed by atoms with E-state index in [4.69, 9.17) is 10.3 Å². The van der Waals surface area contributed by atoms with Gasteiger partial charge < -0.3 is 10.3 Å². The number of benzene rings is 1. The van der Waals surface area contributed by atoms with E-state index in [1.807, 2.05) is 13.8 Å². The Morgan fingerprint density at radius 1 is 1.39 bits per heavy atom. The Morgan fingerprint density at radius 3 is 2.83 bits per heavy atom. The van der Waals surface area contributed by atoms with E-state index in [0.717, 1.165) is 6.42 Å². The van der Waals surface area contributed by atoms with Crippen LogP contribution in [-0.2, 0) is 6.42 Å². The van der Waals surface area contributed by atoms with Crippen molar-refractivity contribution in [2.75, 3.05) is 0 Å². The average Bonchev–Trinajstić information content (AvgIpc) is 2.74. The van der Waals surface area contributed by atoms with Crippen LogP contribution in [0.15, 0.2) is 28.8 Å². The van der Waals surface area contributed by atoms with Gasteiger partial charge in [0.1, 0.15) is 5.82 Å². The van der Waals surface area contributed by atoms with E-state index in [0.29, 0.717) is 23.7 Å². The van der Waals surface area contributed by atoms with Gasteiger partial charge in [-0.1, -0.05) is 17.3 Å². The quantitative estimate of drug-likeness (QED) is 0.904. The zero-order valence-corrected chi connectivity index (χ0v) is 10.5. The summed E-state index contributed by atoms with van der Waals surface area (Å²) in [6.45, 7) is 3.88. The molecule has 2 N–H and O–H groups in total. The van der Waals surface area contributed by atoms with Crippen molar-refractivity contribution in [1.82, 2.24) is 10.1 Å². The summed E-state index contributed by atoms with van der Waals surface area (Å²) >= 11 is 0. The maximum atomic E-state index is 13.1. The summed E-state index contributed by atoms with van der Waals surface area (Å²) in [5.74, 6) is 0.606. The van der Waals surface area contributed by atoms with Crippen molar-refractivity contribution in [2.45, 2.75) is 32.2 Å². The van der Waals surface area contributed by atoms with E-state index < -0.39 is 0 Å². The molecule has 2 aromatic rings. The molecule has 0 atom stereocenters. The van der Waals surface area contributed by atoms with Gasteiger partial charge in [-0.3, -0.25) is 0 Å². The molecule has 1 aromatic carbocycles. The molecule has 1 heterocycles. The highest BCUT2D eigenvalue weighted by atomic mass is 19.1. The molecule has 18 heavy (non-hydrogen) atoms. The molecule has 4 nitrogen and oxygen atoms in total. The Bertz CT molecular complexity index is 531. The Hall–Kier alpha value is -1.75. The van der Waals surface area contributed by atoms with Gasteiger partial charge in [0.2, 0.25) is 11.7 Å². The number of nitrogens with zero attached hydrogens (tertiary/aromatic N) is 2. The van der Waals surface area contributed by atoms with Crippen LogP contribution in [0.1, 0.15) is 26.2 Å². The molecule has 0 radical (unpaired) electrons. The third-order valence-corrected chi connectivity index (χ3v) is 2.53. The lowest BCUT2D eigenvalue weighted by Crippen LogP contribution is -2.32. The molecule has 0 fully saturated rings. The predicted octanol–water partition coefficient (Wildman–Crippen LogP) is 2.55. The van der Waals surface area contributed by atoms with Gasteiger partial charge in [0.05, 0.1) is 0 Å². The second-order valence-electron chi connectivity index (χ2n) is 5.01. The first kappa shape index (κ1) is 12.7. The minimum Gasteiger partial charge on any atom is -0.339 e. The van der Waals surface area contributed by atoms with Gasteiger partial charge in [0.15, 0.2) is 0 Å². The van der Waals surface area contributed by atoms with Crippen molar-refractivity contribution < 1.29 is 8.91 Å². The molecule has 0 saturated heterocycles. The highest BCUT2D eigenvalue weighted by molar-refractivity contribution is 5.53. The summed E-state index contributed by atoms with van der Waals surface area (Å²) in [5, 5.41) is 3.83. The molecule has 0 saturated carbocycles. The summed E-state index contributed by atoms with van der Waals surface area (Å²) in [6.07, 6.45) is 1.36. The molecule has 0 aliphatic heterocycles. The monoisotopic (exact) mass is 249 g/mol. The Labute approximate surface area is 105 Å². The second kappa shape index (κ2) is 4.86. The number of halogens is 1. The molecule has 0 aliphatic rings. The summed E-state index contributed by atoms with van der Waals surface area (Å²) in [5.41, 5.74) is 6.22. The first-order valence-corrected chi connectivity index (χ1v) is 5.81. The van der Waals surface area contributed by atoms with Gasteiger partial charge in [-0.15, -0.1) is 0 Å². The van der Waals surface area contributed by atoms with Crippen molar-refractivity contribution >= 4 is 0 Å². The lowest BCUT2D eigenvalue weighted by atomic mass is 10.0. The van der Waals surface area contributed by atoms with Crippen LogP contribution in [0, 0.1) is 5.82 Å². The molecule has 0 amide bonds. The fourth-order valence-electron chi connectivity index (χ4n) is 1.53. The van der Waals surface area contributed by atoms with E-state index in [1.165, 1.54) is 12.1 Å². The van der Waals surface area contributed by atoms with Gasteiger partial charge in [0, 0.05) is 17.5 Å². The van der Waals surface area contributed by atoms with Crippen LogP contribution in [0.3, 0.4) is 0 Å². The second-order valence-corrected chi connectivity index (χ2v) is 5.01. The molecule has 96 valence electrons. The normalized spacial score (nSPS) is 11.8. The number of aromatic nitrogens is 2. The number of hydrogen-bond acceptors (Lipinski definition) is 4. The van der Waals surface area contributed by atoms with Crippen LogP contribution in [0.5, 0.6) is 0 Å². The van der Waals surface area contributed by atoms with E-state index >= 15 is 0 Å². The third kappa shape index (κ3) is 3.37. The number of rotatable bonds is 4. The lowest BCUT2D eigenvalue weighted by molar-refractivity contribution is 0.358. The fraction of sp³-hybridized carbons (Fsp3) is 0.385. The van der Waals surface area contributed by atoms with E-state index in [9.17, 15) is 4.39 Å². The molecule has 1 aromatic heterocycles. The lowest BCUT2D eigenvalue weighted by Gasteiger charge is -2.16. The van der Waals surface area contributed by atoms with Gasteiger partial charge in [-0.25, -0.2) is 4.39 Å². The maximum Gasteiger partial charge on any atom is 0.227 e. The topological polar surface area (TPSA) is 64.9 Å². The van der Waals surface area contributed by atoms with Crippen LogP contribution in [0.2, 0.25) is 0 Å². The van der Waals surface area contributed by atoms with Gasteiger partial charge in [-0.2, -0.15) is 4.98 Å². The van der Waals surface area contributed by atoms with E-state index in [1.54, 1.807) is 12.1 Å². The van der Waals surface area contributed by atoms with Crippen molar-refractivity contribution in [3.8, 4) is 11.4 Å².